The van der Waals surface area contributed by atoms with E-state index in [0.717, 1.165) is 0 Å². The molecule has 0 saturated heterocycles. The molecule has 0 aliphatic carbocycles. The largest absolute Gasteiger partial charge is 0.497 e. The summed E-state index contributed by atoms with van der Waals surface area (Å²) in [7, 11) is 3.16. The number of aliphatic imine (C=N–C) groups is 1. The predicted octanol–water partition coefficient (Wildman–Crippen LogP) is 1.59. The monoisotopic (exact) mass is 322 g/mol. The smallest absolute Gasteiger partial charge is 0.225 e. The van der Waals surface area contributed by atoms with Crippen molar-refractivity contribution in [1.82, 2.24) is 5.32 Å². The molecular weight excluding hydrogens is 296 g/mol. The Kier molecular flexibility index (Phi) is 6.68. The van der Waals surface area contributed by atoms with E-state index >= 15 is 0 Å². The fourth-order valence-electron chi connectivity index (χ4n) is 1.70. The molecule has 1 amide bonds. The number of anilines is 1. The van der Waals surface area contributed by atoms with Crippen molar-refractivity contribution in [2.24, 2.45) is 16.1 Å². The summed E-state index contributed by atoms with van der Waals surface area (Å²) < 4.78 is 10.4. The highest BCUT2D eigenvalue weighted by molar-refractivity contribution is 5.94. The van der Waals surface area contributed by atoms with E-state index in [-0.39, 0.29) is 11.9 Å². The Labute approximate surface area is 137 Å². The van der Waals surface area contributed by atoms with E-state index in [4.69, 9.17) is 15.2 Å². The third-order valence-corrected chi connectivity index (χ3v) is 3.03. The Hall–Kier alpha value is -2.44. The van der Waals surface area contributed by atoms with E-state index in [1.165, 1.54) is 0 Å². The Morgan fingerprint density at radius 2 is 1.96 bits per heavy atom. The number of ether oxygens (including phenoxy) is 2. The molecule has 0 heterocycles. The van der Waals surface area contributed by atoms with Crippen molar-refractivity contribution < 1.29 is 14.3 Å². The normalized spacial score (nSPS) is 11.8. The number of hydrogen-bond donors (Lipinski definition) is 3. The van der Waals surface area contributed by atoms with Gasteiger partial charge < -0.3 is 25.8 Å². The fourth-order valence-corrected chi connectivity index (χ4v) is 1.70. The Balaban J connectivity index is 2.59. The zero-order valence-corrected chi connectivity index (χ0v) is 14.4. The molecule has 0 aromatic heterocycles. The number of hydrogen-bond acceptors (Lipinski definition) is 4. The second kappa shape index (κ2) is 8.26. The first-order valence-electron chi connectivity index (χ1n) is 7.35. The lowest BCUT2D eigenvalue weighted by Gasteiger charge is -2.17. The van der Waals surface area contributed by atoms with Crippen molar-refractivity contribution in [3.8, 4) is 11.5 Å². The van der Waals surface area contributed by atoms with Gasteiger partial charge in [-0.2, -0.15) is 0 Å². The molecule has 0 radical (unpaired) electrons. The van der Waals surface area contributed by atoms with Crippen LogP contribution in [-0.2, 0) is 4.79 Å². The molecule has 7 nitrogen and oxygen atoms in total. The molecule has 0 aliphatic rings. The molecular formula is C16H26N4O3. The van der Waals surface area contributed by atoms with Crippen LogP contribution in [0.1, 0.15) is 20.8 Å². The van der Waals surface area contributed by atoms with E-state index in [2.05, 4.69) is 15.6 Å². The van der Waals surface area contributed by atoms with Gasteiger partial charge in [-0.1, -0.05) is 20.8 Å². The maximum absolute atomic E-state index is 11.7. The van der Waals surface area contributed by atoms with Gasteiger partial charge in [-0.15, -0.1) is 0 Å². The molecule has 7 heteroatoms. The minimum Gasteiger partial charge on any atom is -0.497 e. The van der Waals surface area contributed by atoms with Gasteiger partial charge in [0.05, 0.1) is 26.5 Å². The third-order valence-electron chi connectivity index (χ3n) is 3.03. The fraction of sp³-hybridized carbons (Fsp3) is 0.500. The number of carbonyl (C=O) groups excluding carboxylic acids is 1. The van der Waals surface area contributed by atoms with Crippen LogP contribution in [0.2, 0.25) is 0 Å². The first-order valence-corrected chi connectivity index (χ1v) is 7.35. The first kappa shape index (κ1) is 18.6. The van der Waals surface area contributed by atoms with Gasteiger partial charge in [0.1, 0.15) is 11.5 Å². The van der Waals surface area contributed by atoms with Crippen molar-refractivity contribution in [3.05, 3.63) is 18.2 Å². The van der Waals surface area contributed by atoms with Crippen LogP contribution < -0.4 is 25.8 Å². The van der Waals surface area contributed by atoms with E-state index in [1.807, 2.05) is 20.8 Å². The van der Waals surface area contributed by atoms with Gasteiger partial charge in [-0.05, 0) is 12.1 Å². The van der Waals surface area contributed by atoms with Gasteiger partial charge in [0.15, 0.2) is 5.96 Å². The zero-order valence-electron chi connectivity index (χ0n) is 14.4. The van der Waals surface area contributed by atoms with Gasteiger partial charge in [-0.25, -0.2) is 0 Å². The van der Waals surface area contributed by atoms with E-state index in [9.17, 15) is 4.79 Å². The van der Waals surface area contributed by atoms with Crippen LogP contribution in [-0.4, -0.2) is 39.2 Å². The van der Waals surface area contributed by atoms with Crippen molar-refractivity contribution in [2.75, 3.05) is 32.6 Å². The highest BCUT2D eigenvalue weighted by Gasteiger charge is 2.20. The summed E-state index contributed by atoms with van der Waals surface area (Å²) >= 11 is 0. The standard InChI is InChI=1S/C16H26N4O3/c1-16(2,3)14(21)18-8-9-19-15(17)20-12-10-11(22-4)6-7-13(12)23-5/h6-7,10H,8-9H2,1-5H3,(H,18,21)(H3,17,19,20). The number of nitrogens with one attached hydrogen (secondary N) is 2. The summed E-state index contributed by atoms with van der Waals surface area (Å²) in [5.41, 5.74) is 6.10. The molecule has 1 aromatic rings. The van der Waals surface area contributed by atoms with Crippen molar-refractivity contribution in [3.63, 3.8) is 0 Å². The molecule has 1 rings (SSSR count). The number of rotatable bonds is 6. The van der Waals surface area contributed by atoms with Crippen LogP contribution in [0.3, 0.4) is 0 Å². The summed E-state index contributed by atoms with van der Waals surface area (Å²) in [6.07, 6.45) is 0. The van der Waals surface area contributed by atoms with Gasteiger partial charge in [-0.3, -0.25) is 9.79 Å². The van der Waals surface area contributed by atoms with E-state index in [1.54, 1.807) is 32.4 Å². The number of amides is 1. The molecule has 0 saturated carbocycles. The molecule has 0 bridgehead atoms. The van der Waals surface area contributed by atoms with Crippen LogP contribution in [0.15, 0.2) is 23.2 Å². The molecule has 0 atom stereocenters. The molecule has 0 unspecified atom stereocenters. The van der Waals surface area contributed by atoms with Crippen LogP contribution in [0, 0.1) is 5.41 Å². The van der Waals surface area contributed by atoms with Crippen molar-refractivity contribution in [1.29, 1.82) is 0 Å². The van der Waals surface area contributed by atoms with Crippen LogP contribution >= 0.6 is 0 Å². The van der Waals surface area contributed by atoms with Gasteiger partial charge in [0.2, 0.25) is 5.91 Å². The molecule has 128 valence electrons. The number of nitrogens with zero attached hydrogens (tertiary/aromatic N) is 1. The topological polar surface area (TPSA) is 98.0 Å². The second-order valence-corrected chi connectivity index (χ2v) is 5.96. The molecule has 4 N–H and O–H groups in total. The highest BCUT2D eigenvalue weighted by Crippen LogP contribution is 2.28. The summed E-state index contributed by atoms with van der Waals surface area (Å²) in [6, 6.07) is 5.33. The maximum atomic E-state index is 11.7. The van der Waals surface area contributed by atoms with E-state index in [0.29, 0.717) is 30.3 Å². The van der Waals surface area contributed by atoms with Gasteiger partial charge in [0.25, 0.3) is 0 Å². The second-order valence-electron chi connectivity index (χ2n) is 5.96. The number of benzene rings is 1. The van der Waals surface area contributed by atoms with Gasteiger partial charge >= 0.3 is 0 Å². The first-order chi connectivity index (χ1) is 10.8. The molecule has 0 spiro atoms. The minimum absolute atomic E-state index is 0.0197. The Morgan fingerprint density at radius 1 is 1.26 bits per heavy atom. The quantitative estimate of drug-likeness (QED) is 0.420. The lowest BCUT2D eigenvalue weighted by atomic mass is 9.96. The lowest BCUT2D eigenvalue weighted by molar-refractivity contribution is -0.128. The predicted molar refractivity (Wildman–Crippen MR) is 92.1 cm³/mol. The number of guanidine groups is 1. The number of methoxy groups -OCH3 is 2. The van der Waals surface area contributed by atoms with Gasteiger partial charge in [0, 0.05) is 18.0 Å². The lowest BCUT2D eigenvalue weighted by Crippen LogP contribution is -2.36. The zero-order chi connectivity index (χ0) is 17.5. The maximum Gasteiger partial charge on any atom is 0.225 e. The Morgan fingerprint density at radius 3 is 2.52 bits per heavy atom. The molecule has 0 fully saturated rings. The third kappa shape index (κ3) is 6.06. The molecule has 1 aromatic carbocycles. The minimum atomic E-state index is -0.415. The van der Waals surface area contributed by atoms with Crippen LogP contribution in [0.5, 0.6) is 11.5 Å². The molecule has 23 heavy (non-hydrogen) atoms. The average molecular weight is 322 g/mol. The number of nitrogens with two attached hydrogens (primary N) is 1. The molecule has 0 aliphatic heterocycles. The Bertz CT molecular complexity index is 565. The highest BCUT2D eigenvalue weighted by atomic mass is 16.5. The summed E-state index contributed by atoms with van der Waals surface area (Å²) in [5, 5.41) is 5.77. The number of carbonyl (C=O) groups is 1. The van der Waals surface area contributed by atoms with Crippen LogP contribution in [0.25, 0.3) is 0 Å². The average Bonchev–Trinajstić information content (AvgIpc) is 2.50. The van der Waals surface area contributed by atoms with Crippen molar-refractivity contribution >= 4 is 17.6 Å². The SMILES string of the molecule is COc1ccc(OC)c(NC(N)=NCCNC(=O)C(C)(C)C)c1. The van der Waals surface area contributed by atoms with Crippen molar-refractivity contribution in [2.45, 2.75) is 20.8 Å². The van der Waals surface area contributed by atoms with Crippen LogP contribution in [0.4, 0.5) is 5.69 Å². The summed E-state index contributed by atoms with van der Waals surface area (Å²) in [5.74, 6) is 1.53. The van der Waals surface area contributed by atoms with E-state index < -0.39 is 5.41 Å². The summed E-state index contributed by atoms with van der Waals surface area (Å²) in [6.45, 7) is 6.38. The summed E-state index contributed by atoms with van der Waals surface area (Å²) in [4.78, 5) is 15.9.